The van der Waals surface area contributed by atoms with Crippen molar-refractivity contribution in [1.82, 2.24) is 9.97 Å². The van der Waals surface area contributed by atoms with E-state index in [1.54, 1.807) is 24.3 Å². The Morgan fingerprint density at radius 1 is 1.14 bits per heavy atom. The Labute approximate surface area is 80.4 Å². The van der Waals surface area contributed by atoms with Crippen LogP contribution in [0.5, 0.6) is 0 Å². The number of pyridine rings is 2. The Bertz CT molecular complexity index is 439. The predicted molar refractivity (Wildman–Crippen MR) is 51.8 cm³/mol. The van der Waals surface area contributed by atoms with Crippen LogP contribution in [0.4, 0.5) is 10.2 Å². The molecule has 0 unspecified atom stereocenters. The first-order chi connectivity index (χ1) is 6.77. The van der Waals surface area contributed by atoms with Gasteiger partial charge in [0.05, 0.1) is 0 Å². The van der Waals surface area contributed by atoms with Crippen LogP contribution >= 0.6 is 0 Å². The van der Waals surface area contributed by atoms with E-state index in [4.69, 9.17) is 5.73 Å². The molecule has 0 aliphatic carbocycles. The number of nitrogens with two attached hydrogens (primary N) is 1. The molecule has 2 N–H and O–H groups in total. The molecule has 3 nitrogen and oxygen atoms in total. The van der Waals surface area contributed by atoms with Gasteiger partial charge in [0.2, 0.25) is 5.95 Å². The molecule has 0 aliphatic heterocycles. The Hall–Kier alpha value is -1.97. The second-order valence-electron chi connectivity index (χ2n) is 2.81. The van der Waals surface area contributed by atoms with Gasteiger partial charge in [-0.2, -0.15) is 4.39 Å². The molecule has 0 saturated heterocycles. The summed E-state index contributed by atoms with van der Waals surface area (Å²) in [5, 5.41) is 0. The monoisotopic (exact) mass is 189 g/mol. The number of anilines is 1. The molecule has 2 aromatic rings. The van der Waals surface area contributed by atoms with Gasteiger partial charge < -0.3 is 5.73 Å². The quantitative estimate of drug-likeness (QED) is 0.696. The van der Waals surface area contributed by atoms with Crippen molar-refractivity contribution in [2.45, 2.75) is 0 Å². The largest absolute Gasteiger partial charge is 0.384 e. The van der Waals surface area contributed by atoms with Crippen molar-refractivity contribution in [1.29, 1.82) is 0 Å². The van der Waals surface area contributed by atoms with Gasteiger partial charge in [0.1, 0.15) is 5.82 Å². The van der Waals surface area contributed by atoms with Crippen molar-refractivity contribution in [2.75, 3.05) is 5.73 Å². The molecule has 0 aromatic carbocycles. The molecule has 0 saturated carbocycles. The topological polar surface area (TPSA) is 51.8 Å². The molecule has 0 fully saturated rings. The molecule has 0 aliphatic rings. The number of aromatic nitrogens is 2. The van der Waals surface area contributed by atoms with Gasteiger partial charge in [-0.25, -0.2) is 9.97 Å². The maximum atomic E-state index is 13.2. The van der Waals surface area contributed by atoms with E-state index in [0.717, 1.165) is 0 Å². The van der Waals surface area contributed by atoms with Gasteiger partial charge in [-0.3, -0.25) is 0 Å². The highest BCUT2D eigenvalue weighted by Gasteiger charge is 2.04. The van der Waals surface area contributed by atoms with E-state index in [9.17, 15) is 4.39 Å². The van der Waals surface area contributed by atoms with Crippen LogP contribution in [-0.2, 0) is 0 Å². The van der Waals surface area contributed by atoms with Crippen LogP contribution in [0.15, 0.2) is 36.7 Å². The summed E-state index contributed by atoms with van der Waals surface area (Å²) in [6.45, 7) is 0. The van der Waals surface area contributed by atoms with E-state index in [1.165, 1.54) is 12.4 Å². The summed E-state index contributed by atoms with van der Waals surface area (Å²) in [7, 11) is 0. The first-order valence-corrected chi connectivity index (χ1v) is 4.10. The first kappa shape index (κ1) is 8.62. The minimum absolute atomic E-state index is 0.415. The Balaban J connectivity index is 2.50. The van der Waals surface area contributed by atoms with Crippen molar-refractivity contribution in [3.63, 3.8) is 0 Å². The highest BCUT2D eigenvalue weighted by atomic mass is 19.1. The molecule has 70 valence electrons. The van der Waals surface area contributed by atoms with Crippen molar-refractivity contribution in [2.24, 2.45) is 0 Å². The SMILES string of the molecule is Nc1ccc(-c2cccnc2F)cn1. The summed E-state index contributed by atoms with van der Waals surface area (Å²) < 4.78 is 13.2. The van der Waals surface area contributed by atoms with Crippen molar-refractivity contribution in [3.8, 4) is 11.1 Å². The minimum Gasteiger partial charge on any atom is -0.384 e. The zero-order valence-electron chi connectivity index (χ0n) is 7.31. The van der Waals surface area contributed by atoms with Gasteiger partial charge in [-0.1, -0.05) is 0 Å². The molecule has 14 heavy (non-hydrogen) atoms. The highest BCUT2D eigenvalue weighted by molar-refractivity contribution is 5.62. The minimum atomic E-state index is -0.501. The van der Waals surface area contributed by atoms with Gasteiger partial charge in [0, 0.05) is 23.5 Å². The van der Waals surface area contributed by atoms with Crippen LogP contribution in [0, 0.1) is 5.95 Å². The smallest absolute Gasteiger partial charge is 0.220 e. The highest BCUT2D eigenvalue weighted by Crippen LogP contribution is 2.20. The maximum Gasteiger partial charge on any atom is 0.220 e. The average molecular weight is 189 g/mol. The zero-order valence-corrected chi connectivity index (χ0v) is 7.31. The molecule has 0 spiro atoms. The summed E-state index contributed by atoms with van der Waals surface area (Å²) in [5.74, 6) is -0.0860. The Morgan fingerprint density at radius 2 is 2.00 bits per heavy atom. The van der Waals surface area contributed by atoms with Gasteiger partial charge in [-0.05, 0) is 24.3 Å². The lowest BCUT2D eigenvalue weighted by molar-refractivity contribution is 0.587. The molecule has 2 rings (SSSR count). The molecule has 2 heterocycles. The molecule has 0 radical (unpaired) electrons. The Morgan fingerprint density at radius 3 is 2.64 bits per heavy atom. The standard InChI is InChI=1S/C10H8FN3/c11-10-8(2-1-5-13-10)7-3-4-9(12)14-6-7/h1-6H,(H2,12,14). The van der Waals surface area contributed by atoms with E-state index in [1.807, 2.05) is 0 Å². The number of hydrogen-bond donors (Lipinski definition) is 1. The number of rotatable bonds is 1. The zero-order chi connectivity index (χ0) is 9.97. The van der Waals surface area contributed by atoms with Crippen LogP contribution in [0.1, 0.15) is 0 Å². The van der Waals surface area contributed by atoms with Gasteiger partial charge >= 0.3 is 0 Å². The van der Waals surface area contributed by atoms with Gasteiger partial charge in [-0.15, -0.1) is 0 Å². The summed E-state index contributed by atoms with van der Waals surface area (Å²) >= 11 is 0. The summed E-state index contributed by atoms with van der Waals surface area (Å²) in [5.41, 5.74) is 6.52. The number of hydrogen-bond acceptors (Lipinski definition) is 3. The molecule has 0 bridgehead atoms. The van der Waals surface area contributed by atoms with Crippen LogP contribution in [0.2, 0.25) is 0 Å². The molecule has 0 atom stereocenters. The number of nitrogens with zero attached hydrogens (tertiary/aromatic N) is 2. The fourth-order valence-corrected chi connectivity index (χ4v) is 1.17. The van der Waals surface area contributed by atoms with E-state index in [0.29, 0.717) is 16.9 Å². The maximum absolute atomic E-state index is 13.2. The third kappa shape index (κ3) is 1.54. The second-order valence-corrected chi connectivity index (χ2v) is 2.81. The first-order valence-electron chi connectivity index (χ1n) is 4.10. The van der Waals surface area contributed by atoms with Crippen molar-refractivity contribution in [3.05, 3.63) is 42.6 Å². The summed E-state index contributed by atoms with van der Waals surface area (Å²) in [4.78, 5) is 7.43. The predicted octanol–water partition coefficient (Wildman–Crippen LogP) is 1.86. The van der Waals surface area contributed by atoms with Crippen LogP contribution in [0.25, 0.3) is 11.1 Å². The third-order valence-corrected chi connectivity index (χ3v) is 1.86. The normalized spacial score (nSPS) is 10.1. The number of nitrogen functional groups attached to an aromatic ring is 1. The van der Waals surface area contributed by atoms with Crippen molar-refractivity contribution < 1.29 is 4.39 Å². The van der Waals surface area contributed by atoms with E-state index in [2.05, 4.69) is 9.97 Å². The van der Waals surface area contributed by atoms with Crippen LogP contribution in [0.3, 0.4) is 0 Å². The van der Waals surface area contributed by atoms with E-state index < -0.39 is 5.95 Å². The van der Waals surface area contributed by atoms with E-state index >= 15 is 0 Å². The number of halogens is 1. The lowest BCUT2D eigenvalue weighted by Crippen LogP contribution is -1.91. The Kier molecular flexibility index (Phi) is 2.10. The van der Waals surface area contributed by atoms with E-state index in [-0.39, 0.29) is 0 Å². The second kappa shape index (κ2) is 3.41. The molecule has 2 aromatic heterocycles. The fourth-order valence-electron chi connectivity index (χ4n) is 1.17. The van der Waals surface area contributed by atoms with Gasteiger partial charge in [0.25, 0.3) is 0 Å². The molecular weight excluding hydrogens is 181 g/mol. The third-order valence-electron chi connectivity index (χ3n) is 1.86. The van der Waals surface area contributed by atoms with Crippen molar-refractivity contribution >= 4 is 5.82 Å². The van der Waals surface area contributed by atoms with Crippen LogP contribution < -0.4 is 5.73 Å². The van der Waals surface area contributed by atoms with Crippen LogP contribution in [-0.4, -0.2) is 9.97 Å². The molecular formula is C10H8FN3. The van der Waals surface area contributed by atoms with Gasteiger partial charge in [0.15, 0.2) is 0 Å². The average Bonchev–Trinajstić information content (AvgIpc) is 2.20. The molecule has 4 heteroatoms. The lowest BCUT2D eigenvalue weighted by atomic mass is 10.1. The fraction of sp³-hybridized carbons (Fsp3) is 0. The summed E-state index contributed by atoms with van der Waals surface area (Å²) in [6, 6.07) is 6.66. The summed E-state index contributed by atoms with van der Waals surface area (Å²) in [6.07, 6.45) is 2.93. The molecule has 0 amide bonds. The lowest BCUT2D eigenvalue weighted by Gasteiger charge is -2.01.